The molecule has 0 amide bonds. The van der Waals surface area contributed by atoms with E-state index in [1.807, 2.05) is 0 Å². The summed E-state index contributed by atoms with van der Waals surface area (Å²) in [6.07, 6.45) is 4.72. The van der Waals surface area contributed by atoms with Crippen LogP contribution in [0.25, 0.3) is 0 Å². The SMILES string of the molecule is NC(=S)c1ccc(S(=O)(=O)NCC2(C3CC3)CC2)cc1Cl. The third kappa shape index (κ3) is 3.08. The van der Waals surface area contributed by atoms with Gasteiger partial charge in [-0.1, -0.05) is 23.8 Å². The molecular weight excluding hydrogens is 328 g/mol. The molecule has 0 unspecified atom stereocenters. The molecular formula is C14H17ClN2O2S2. The maximum Gasteiger partial charge on any atom is 0.240 e. The summed E-state index contributed by atoms with van der Waals surface area (Å²) in [5, 5.41) is 0.258. The van der Waals surface area contributed by atoms with Gasteiger partial charge in [0.15, 0.2) is 0 Å². The summed E-state index contributed by atoms with van der Waals surface area (Å²) in [5.74, 6) is 0.709. The Kier molecular flexibility index (Phi) is 3.76. The molecule has 1 aromatic rings. The Balaban J connectivity index is 1.75. The first-order valence-corrected chi connectivity index (χ1v) is 9.20. The van der Waals surface area contributed by atoms with Crippen molar-refractivity contribution in [1.29, 1.82) is 0 Å². The lowest BCUT2D eigenvalue weighted by atomic mass is 10.0. The number of rotatable bonds is 6. The number of nitrogens with two attached hydrogens (primary N) is 1. The van der Waals surface area contributed by atoms with Crippen LogP contribution in [-0.2, 0) is 10.0 Å². The van der Waals surface area contributed by atoms with E-state index < -0.39 is 10.0 Å². The Morgan fingerprint density at radius 3 is 2.57 bits per heavy atom. The van der Waals surface area contributed by atoms with Gasteiger partial charge in [0.05, 0.1) is 9.92 Å². The summed E-state index contributed by atoms with van der Waals surface area (Å²) in [7, 11) is -3.54. The minimum atomic E-state index is -3.54. The van der Waals surface area contributed by atoms with Crippen LogP contribution in [0.4, 0.5) is 0 Å². The van der Waals surface area contributed by atoms with Crippen LogP contribution in [0.15, 0.2) is 23.1 Å². The second-order valence-corrected chi connectivity index (χ2v) is 8.58. The van der Waals surface area contributed by atoms with Gasteiger partial charge in [0.2, 0.25) is 10.0 Å². The number of hydrogen-bond donors (Lipinski definition) is 2. The van der Waals surface area contributed by atoms with Crippen molar-refractivity contribution >= 4 is 38.8 Å². The zero-order valence-electron chi connectivity index (χ0n) is 11.4. The Hall–Kier alpha value is -0.690. The number of nitrogens with one attached hydrogen (secondary N) is 1. The summed E-state index contributed by atoms with van der Waals surface area (Å²) < 4.78 is 27.4. The highest BCUT2D eigenvalue weighted by Gasteiger charge is 2.53. The molecule has 2 aliphatic carbocycles. The second kappa shape index (κ2) is 5.19. The molecule has 0 saturated heterocycles. The molecule has 0 radical (unpaired) electrons. The third-order valence-electron chi connectivity index (χ3n) is 4.47. The van der Waals surface area contributed by atoms with Crippen molar-refractivity contribution in [2.24, 2.45) is 17.1 Å². The van der Waals surface area contributed by atoms with Crippen LogP contribution in [0, 0.1) is 11.3 Å². The zero-order valence-corrected chi connectivity index (χ0v) is 13.8. The summed E-state index contributed by atoms with van der Waals surface area (Å²) in [5.41, 5.74) is 6.23. The Morgan fingerprint density at radius 2 is 2.10 bits per heavy atom. The molecule has 2 fully saturated rings. The molecule has 1 aromatic carbocycles. The topological polar surface area (TPSA) is 72.2 Å². The summed E-state index contributed by atoms with van der Waals surface area (Å²) in [6, 6.07) is 4.43. The van der Waals surface area contributed by atoms with E-state index in [-0.39, 0.29) is 20.3 Å². The highest BCUT2D eigenvalue weighted by Crippen LogP contribution is 2.60. The number of hydrogen-bond acceptors (Lipinski definition) is 3. The molecule has 7 heteroatoms. The maximum atomic E-state index is 12.3. The van der Waals surface area contributed by atoms with Gasteiger partial charge in [0.25, 0.3) is 0 Å². The van der Waals surface area contributed by atoms with E-state index in [0.717, 1.165) is 12.8 Å². The Bertz CT molecular complexity index is 695. The predicted molar refractivity (Wildman–Crippen MR) is 86.9 cm³/mol. The average Bonchev–Trinajstić information content (AvgIpc) is 3.26. The van der Waals surface area contributed by atoms with Gasteiger partial charge in [-0.25, -0.2) is 13.1 Å². The van der Waals surface area contributed by atoms with Gasteiger partial charge in [-0.2, -0.15) is 0 Å². The second-order valence-electron chi connectivity index (χ2n) is 5.97. The highest BCUT2D eigenvalue weighted by molar-refractivity contribution is 7.89. The van der Waals surface area contributed by atoms with Crippen molar-refractivity contribution in [3.05, 3.63) is 28.8 Å². The van der Waals surface area contributed by atoms with E-state index in [2.05, 4.69) is 4.72 Å². The molecule has 114 valence electrons. The molecule has 0 heterocycles. The normalized spacial score (nSPS) is 20.2. The van der Waals surface area contributed by atoms with Crippen LogP contribution in [0.1, 0.15) is 31.2 Å². The van der Waals surface area contributed by atoms with E-state index in [1.54, 1.807) is 6.07 Å². The Labute approximate surface area is 135 Å². The van der Waals surface area contributed by atoms with Crippen molar-refractivity contribution in [3.8, 4) is 0 Å². The van der Waals surface area contributed by atoms with Gasteiger partial charge in [-0.05, 0) is 55.2 Å². The largest absolute Gasteiger partial charge is 0.389 e. The van der Waals surface area contributed by atoms with Crippen molar-refractivity contribution in [2.75, 3.05) is 6.54 Å². The van der Waals surface area contributed by atoms with Crippen LogP contribution < -0.4 is 10.5 Å². The molecule has 0 atom stereocenters. The lowest BCUT2D eigenvalue weighted by molar-refractivity contribution is 0.432. The summed E-state index contributed by atoms with van der Waals surface area (Å²) in [6.45, 7) is 0.522. The van der Waals surface area contributed by atoms with Gasteiger partial charge in [-0.15, -0.1) is 0 Å². The maximum absolute atomic E-state index is 12.3. The van der Waals surface area contributed by atoms with Crippen molar-refractivity contribution in [3.63, 3.8) is 0 Å². The first kappa shape index (κ1) is 15.2. The van der Waals surface area contributed by atoms with Crippen LogP contribution >= 0.6 is 23.8 Å². The zero-order chi connectivity index (χ0) is 15.3. The van der Waals surface area contributed by atoms with Gasteiger partial charge < -0.3 is 5.73 Å². The fourth-order valence-corrected chi connectivity index (χ4v) is 4.52. The molecule has 4 nitrogen and oxygen atoms in total. The van der Waals surface area contributed by atoms with Crippen molar-refractivity contribution < 1.29 is 8.42 Å². The van der Waals surface area contributed by atoms with Crippen LogP contribution in [-0.4, -0.2) is 20.0 Å². The van der Waals surface area contributed by atoms with E-state index in [9.17, 15) is 8.42 Å². The number of benzene rings is 1. The van der Waals surface area contributed by atoms with E-state index >= 15 is 0 Å². The van der Waals surface area contributed by atoms with Gasteiger partial charge in [-0.3, -0.25) is 0 Å². The number of sulfonamides is 1. The van der Waals surface area contributed by atoms with E-state index in [0.29, 0.717) is 18.0 Å². The van der Waals surface area contributed by atoms with Crippen molar-refractivity contribution in [1.82, 2.24) is 4.72 Å². The molecule has 0 aliphatic heterocycles. The summed E-state index contributed by atoms with van der Waals surface area (Å²) >= 11 is 10.9. The molecule has 0 spiro atoms. The standard InChI is InChI=1S/C14H17ClN2O2S2/c15-12-7-10(3-4-11(12)13(16)20)21(18,19)17-8-14(5-6-14)9-1-2-9/h3-4,7,9,17H,1-2,5-6,8H2,(H2,16,20). The number of halogens is 1. The van der Waals surface area contributed by atoms with Gasteiger partial charge in [0.1, 0.15) is 4.99 Å². The van der Waals surface area contributed by atoms with Gasteiger partial charge in [0, 0.05) is 12.1 Å². The molecule has 3 rings (SSSR count). The third-order valence-corrected chi connectivity index (χ3v) is 6.40. The van der Waals surface area contributed by atoms with Crippen LogP contribution in [0.3, 0.4) is 0 Å². The number of thiocarbonyl (C=S) groups is 1. The lowest BCUT2D eigenvalue weighted by Crippen LogP contribution is -2.31. The first-order chi connectivity index (χ1) is 9.84. The average molecular weight is 345 g/mol. The van der Waals surface area contributed by atoms with Crippen molar-refractivity contribution in [2.45, 2.75) is 30.6 Å². The highest BCUT2D eigenvalue weighted by atomic mass is 35.5. The molecule has 3 N–H and O–H groups in total. The quantitative estimate of drug-likeness (QED) is 0.777. The first-order valence-electron chi connectivity index (χ1n) is 6.93. The van der Waals surface area contributed by atoms with Gasteiger partial charge >= 0.3 is 0 Å². The van der Waals surface area contributed by atoms with Crippen LogP contribution in [0.5, 0.6) is 0 Å². The van der Waals surface area contributed by atoms with E-state index in [4.69, 9.17) is 29.6 Å². The van der Waals surface area contributed by atoms with E-state index in [1.165, 1.54) is 25.0 Å². The fraction of sp³-hybridized carbons (Fsp3) is 0.500. The molecule has 2 saturated carbocycles. The molecule has 21 heavy (non-hydrogen) atoms. The molecule has 2 aliphatic rings. The summed E-state index contributed by atoms with van der Waals surface area (Å²) in [4.78, 5) is 0.307. The molecule has 0 bridgehead atoms. The monoisotopic (exact) mass is 344 g/mol. The lowest BCUT2D eigenvalue weighted by Gasteiger charge is -2.15. The van der Waals surface area contributed by atoms with Crippen LogP contribution in [0.2, 0.25) is 5.02 Å². The smallest absolute Gasteiger partial charge is 0.240 e. The minimum Gasteiger partial charge on any atom is -0.389 e. The minimum absolute atomic E-state index is 0.152. The Morgan fingerprint density at radius 1 is 1.43 bits per heavy atom. The molecule has 0 aromatic heterocycles. The fourth-order valence-electron chi connectivity index (χ4n) is 2.77. The predicted octanol–water partition coefficient (Wildman–Crippen LogP) is 2.44.